The number of hydrogen-bond acceptors (Lipinski definition) is 2. The highest BCUT2D eigenvalue weighted by Crippen LogP contribution is 2.28. The number of ether oxygens (including phenoxy) is 1. The normalized spacial score (nSPS) is 12.1. The maximum absolute atomic E-state index is 12.9. The van der Waals surface area contributed by atoms with E-state index >= 15 is 0 Å². The van der Waals surface area contributed by atoms with Crippen molar-refractivity contribution in [2.75, 3.05) is 0 Å². The minimum absolute atomic E-state index is 0.199. The van der Waals surface area contributed by atoms with Crippen molar-refractivity contribution in [1.29, 1.82) is 0 Å². The Morgan fingerprint density at radius 3 is 2.42 bits per heavy atom. The first kappa shape index (κ1) is 18.0. The van der Waals surface area contributed by atoms with Gasteiger partial charge in [-0.2, -0.15) is 0 Å². The summed E-state index contributed by atoms with van der Waals surface area (Å²) in [7, 11) is 0. The molecule has 1 atom stereocenters. The van der Waals surface area contributed by atoms with Crippen molar-refractivity contribution in [3.8, 4) is 5.75 Å². The van der Waals surface area contributed by atoms with Gasteiger partial charge in [-0.1, -0.05) is 38.1 Å². The molecule has 3 nitrogen and oxygen atoms in total. The number of nitrogens with one attached hydrogen (secondary N) is 1. The van der Waals surface area contributed by atoms with Crippen LogP contribution in [0.5, 0.6) is 5.75 Å². The fourth-order valence-electron chi connectivity index (χ4n) is 2.40. The lowest BCUT2D eigenvalue weighted by Gasteiger charge is -2.19. The minimum atomic E-state index is -0.607. The van der Waals surface area contributed by atoms with Gasteiger partial charge in [-0.3, -0.25) is 4.79 Å². The molecule has 128 valence electrons. The molecule has 1 N–H and O–H groups in total. The van der Waals surface area contributed by atoms with Crippen molar-refractivity contribution in [2.45, 2.75) is 46.3 Å². The smallest absolute Gasteiger partial charge is 0.261 e. The summed E-state index contributed by atoms with van der Waals surface area (Å²) in [5.41, 5.74) is 3.02. The van der Waals surface area contributed by atoms with Crippen LogP contribution in [0.3, 0.4) is 0 Å². The number of carbonyl (C=O) groups is 1. The highest BCUT2D eigenvalue weighted by atomic mass is 19.1. The van der Waals surface area contributed by atoms with Crippen LogP contribution in [0, 0.1) is 12.7 Å². The fourth-order valence-corrected chi connectivity index (χ4v) is 2.40. The summed E-state index contributed by atoms with van der Waals surface area (Å²) in [5, 5.41) is 2.82. The molecule has 0 bridgehead atoms. The van der Waals surface area contributed by atoms with Gasteiger partial charge in [0.1, 0.15) is 11.6 Å². The number of benzene rings is 2. The molecule has 0 heterocycles. The molecule has 0 spiro atoms. The molecule has 0 saturated carbocycles. The molecule has 0 aromatic heterocycles. The Balaban J connectivity index is 1.98. The molecule has 0 fully saturated rings. The van der Waals surface area contributed by atoms with E-state index in [2.05, 4.69) is 19.2 Å². The molecule has 0 unspecified atom stereocenters. The van der Waals surface area contributed by atoms with E-state index in [-0.39, 0.29) is 11.7 Å². The van der Waals surface area contributed by atoms with E-state index in [1.807, 2.05) is 25.1 Å². The molecular weight excluding hydrogens is 305 g/mol. The first-order valence-corrected chi connectivity index (χ1v) is 8.16. The van der Waals surface area contributed by atoms with Crippen molar-refractivity contribution in [2.24, 2.45) is 0 Å². The standard InChI is InChI=1S/C20H24FNO2/c1-13(2)18-10-5-14(3)11-19(18)24-15(4)20(23)22-12-16-6-8-17(21)9-7-16/h5-11,13,15H,12H2,1-4H3,(H,22,23)/t15-/m1/s1. The van der Waals surface area contributed by atoms with Gasteiger partial charge in [-0.05, 0) is 54.7 Å². The maximum atomic E-state index is 12.9. The van der Waals surface area contributed by atoms with Crippen molar-refractivity contribution in [1.82, 2.24) is 5.32 Å². The van der Waals surface area contributed by atoms with Gasteiger partial charge in [-0.15, -0.1) is 0 Å². The quantitative estimate of drug-likeness (QED) is 0.856. The van der Waals surface area contributed by atoms with E-state index in [1.54, 1.807) is 19.1 Å². The number of hydrogen-bond donors (Lipinski definition) is 1. The monoisotopic (exact) mass is 329 g/mol. The summed E-state index contributed by atoms with van der Waals surface area (Å²) in [6.07, 6.45) is -0.607. The third-order valence-electron chi connectivity index (χ3n) is 3.84. The van der Waals surface area contributed by atoms with E-state index in [9.17, 15) is 9.18 Å². The van der Waals surface area contributed by atoms with Gasteiger partial charge in [0.2, 0.25) is 0 Å². The van der Waals surface area contributed by atoms with Gasteiger partial charge in [0, 0.05) is 6.54 Å². The lowest BCUT2D eigenvalue weighted by Crippen LogP contribution is -2.36. The Labute approximate surface area is 142 Å². The second kappa shape index (κ2) is 7.95. The molecule has 2 aromatic carbocycles. The molecule has 0 radical (unpaired) electrons. The van der Waals surface area contributed by atoms with E-state index in [4.69, 9.17) is 4.74 Å². The number of aryl methyl sites for hydroxylation is 1. The molecule has 24 heavy (non-hydrogen) atoms. The van der Waals surface area contributed by atoms with Crippen LogP contribution in [0.25, 0.3) is 0 Å². The predicted molar refractivity (Wildman–Crippen MR) is 93.6 cm³/mol. The molecule has 4 heteroatoms. The van der Waals surface area contributed by atoms with Gasteiger partial charge in [-0.25, -0.2) is 4.39 Å². The van der Waals surface area contributed by atoms with Gasteiger partial charge in [0.15, 0.2) is 6.10 Å². The van der Waals surface area contributed by atoms with Gasteiger partial charge in [0.25, 0.3) is 5.91 Å². The largest absolute Gasteiger partial charge is 0.481 e. The second-order valence-corrected chi connectivity index (χ2v) is 6.30. The topological polar surface area (TPSA) is 38.3 Å². The SMILES string of the molecule is Cc1ccc(C(C)C)c(O[C@H](C)C(=O)NCc2ccc(F)cc2)c1. The second-order valence-electron chi connectivity index (χ2n) is 6.30. The zero-order chi connectivity index (χ0) is 17.7. The fraction of sp³-hybridized carbons (Fsp3) is 0.350. The summed E-state index contributed by atoms with van der Waals surface area (Å²) in [6.45, 7) is 8.26. The average Bonchev–Trinajstić information content (AvgIpc) is 2.53. The van der Waals surface area contributed by atoms with Gasteiger partial charge in [0.05, 0.1) is 0 Å². The highest BCUT2D eigenvalue weighted by molar-refractivity contribution is 5.80. The Hall–Kier alpha value is -2.36. The molecular formula is C20H24FNO2. The van der Waals surface area contributed by atoms with Crippen molar-refractivity contribution >= 4 is 5.91 Å². The van der Waals surface area contributed by atoms with Crippen LogP contribution in [-0.2, 0) is 11.3 Å². The molecule has 2 rings (SSSR count). The van der Waals surface area contributed by atoms with Crippen molar-refractivity contribution in [3.05, 3.63) is 65.0 Å². The van der Waals surface area contributed by atoms with Crippen molar-refractivity contribution < 1.29 is 13.9 Å². The van der Waals surface area contributed by atoms with Crippen LogP contribution >= 0.6 is 0 Å². The first-order chi connectivity index (χ1) is 11.4. The van der Waals surface area contributed by atoms with Crippen LogP contribution in [0.1, 0.15) is 43.4 Å². The van der Waals surface area contributed by atoms with E-state index in [0.717, 1.165) is 22.4 Å². The Bertz CT molecular complexity index is 695. The number of amides is 1. The zero-order valence-electron chi connectivity index (χ0n) is 14.6. The third kappa shape index (κ3) is 4.82. The predicted octanol–water partition coefficient (Wildman–Crippen LogP) is 4.34. The number of halogens is 1. The van der Waals surface area contributed by atoms with E-state index < -0.39 is 6.10 Å². The highest BCUT2D eigenvalue weighted by Gasteiger charge is 2.17. The molecule has 0 saturated heterocycles. The molecule has 0 aliphatic rings. The van der Waals surface area contributed by atoms with E-state index in [0.29, 0.717) is 12.5 Å². The van der Waals surface area contributed by atoms with Gasteiger partial charge < -0.3 is 10.1 Å². The van der Waals surface area contributed by atoms with Crippen LogP contribution < -0.4 is 10.1 Å². The lowest BCUT2D eigenvalue weighted by molar-refractivity contribution is -0.127. The Kier molecular flexibility index (Phi) is 5.96. The molecule has 1 amide bonds. The summed E-state index contributed by atoms with van der Waals surface area (Å²) < 4.78 is 18.8. The Morgan fingerprint density at radius 1 is 1.12 bits per heavy atom. The first-order valence-electron chi connectivity index (χ1n) is 8.16. The van der Waals surface area contributed by atoms with Crippen LogP contribution in [0.4, 0.5) is 4.39 Å². The Morgan fingerprint density at radius 2 is 1.79 bits per heavy atom. The van der Waals surface area contributed by atoms with Crippen LogP contribution in [0.2, 0.25) is 0 Å². The lowest BCUT2D eigenvalue weighted by atomic mass is 10.0. The minimum Gasteiger partial charge on any atom is -0.481 e. The maximum Gasteiger partial charge on any atom is 0.261 e. The molecule has 0 aliphatic heterocycles. The van der Waals surface area contributed by atoms with Crippen molar-refractivity contribution in [3.63, 3.8) is 0 Å². The zero-order valence-corrected chi connectivity index (χ0v) is 14.6. The number of rotatable bonds is 6. The van der Waals surface area contributed by atoms with Crippen LogP contribution in [-0.4, -0.2) is 12.0 Å². The average molecular weight is 329 g/mol. The summed E-state index contributed by atoms with van der Waals surface area (Å²) in [5.74, 6) is 0.572. The number of carbonyl (C=O) groups excluding carboxylic acids is 1. The summed E-state index contributed by atoms with van der Waals surface area (Å²) >= 11 is 0. The summed E-state index contributed by atoms with van der Waals surface area (Å²) in [4.78, 5) is 12.2. The third-order valence-corrected chi connectivity index (χ3v) is 3.84. The molecule has 2 aromatic rings. The van der Waals surface area contributed by atoms with Gasteiger partial charge >= 0.3 is 0 Å². The summed E-state index contributed by atoms with van der Waals surface area (Å²) in [6, 6.07) is 12.1. The van der Waals surface area contributed by atoms with Crippen LogP contribution in [0.15, 0.2) is 42.5 Å². The van der Waals surface area contributed by atoms with E-state index in [1.165, 1.54) is 12.1 Å². The molecule has 0 aliphatic carbocycles.